The minimum atomic E-state index is 1.10. The summed E-state index contributed by atoms with van der Waals surface area (Å²) in [5.41, 5.74) is 17.3. The number of nitrogens with zero attached hydrogens (tertiary/aromatic N) is 3. The van der Waals surface area contributed by atoms with Gasteiger partial charge in [-0.05, 0) is 105 Å². The summed E-state index contributed by atoms with van der Waals surface area (Å²) in [7, 11) is 0. The Morgan fingerprint density at radius 2 is 0.552 bits per heavy atom. The molecule has 0 aliphatic carbocycles. The van der Waals surface area contributed by atoms with Gasteiger partial charge in [-0.3, -0.25) is 0 Å². The fourth-order valence-corrected chi connectivity index (χ4v) is 10.5. The van der Waals surface area contributed by atoms with Crippen LogP contribution in [0.1, 0.15) is 0 Å². The average Bonchev–Trinajstić information content (AvgIpc) is 4.14. The van der Waals surface area contributed by atoms with E-state index in [1.165, 1.54) is 65.6 Å². The number of benzene rings is 10. The van der Waals surface area contributed by atoms with E-state index in [0.29, 0.717) is 0 Å². The highest BCUT2D eigenvalue weighted by Gasteiger charge is 2.24. The highest BCUT2D eigenvalue weighted by atomic mass is 15.0. The topological polar surface area (TPSA) is 14.8 Å². The van der Waals surface area contributed by atoms with Crippen LogP contribution >= 0.6 is 0 Å². The van der Waals surface area contributed by atoms with Crippen molar-refractivity contribution in [2.24, 2.45) is 0 Å². The second-order valence-corrected chi connectivity index (χ2v) is 17.3. The summed E-state index contributed by atoms with van der Waals surface area (Å²) in [4.78, 5) is 0. The lowest BCUT2D eigenvalue weighted by molar-refractivity contribution is 1.10. The summed E-state index contributed by atoms with van der Waals surface area (Å²) in [6.07, 6.45) is 0. The van der Waals surface area contributed by atoms with Crippen molar-refractivity contribution >= 4 is 43.4 Å². The molecule has 0 fully saturated rings. The molecule has 0 unspecified atom stereocenters. The smallest absolute Gasteiger partial charge is 0.0620 e. The van der Waals surface area contributed by atoms with Crippen LogP contribution in [0.25, 0.3) is 117 Å². The van der Waals surface area contributed by atoms with Gasteiger partial charge in [-0.2, -0.15) is 0 Å². The summed E-state index contributed by atoms with van der Waals surface area (Å²) in [5.74, 6) is 0. The zero-order valence-corrected chi connectivity index (χ0v) is 36.7. The molecule has 3 nitrogen and oxygen atoms in total. The molecule has 3 aromatic heterocycles. The summed E-state index contributed by atoms with van der Waals surface area (Å²) < 4.78 is 7.41. The Balaban J connectivity index is 1.18. The van der Waals surface area contributed by atoms with Crippen LogP contribution < -0.4 is 0 Å². The maximum absolute atomic E-state index is 2.53. The third-order valence-corrected chi connectivity index (χ3v) is 13.5. The van der Waals surface area contributed by atoms with Gasteiger partial charge in [-0.25, -0.2) is 0 Å². The van der Waals surface area contributed by atoms with Gasteiger partial charge in [0, 0.05) is 32.9 Å². The van der Waals surface area contributed by atoms with Crippen LogP contribution in [-0.4, -0.2) is 13.7 Å². The molecule has 67 heavy (non-hydrogen) atoms. The zero-order chi connectivity index (χ0) is 44.3. The molecule has 13 aromatic rings. The molecule has 0 saturated carbocycles. The third-order valence-electron chi connectivity index (χ3n) is 13.5. The van der Waals surface area contributed by atoms with Gasteiger partial charge in [0.2, 0.25) is 0 Å². The van der Waals surface area contributed by atoms with E-state index in [4.69, 9.17) is 0 Å². The molecule has 3 heteroatoms. The Morgan fingerprint density at radius 1 is 0.209 bits per heavy atom. The lowest BCUT2D eigenvalue weighted by atomic mass is 9.89. The number of hydrogen-bond acceptors (Lipinski definition) is 0. The molecule has 0 aliphatic rings. The Kier molecular flexibility index (Phi) is 9.17. The monoisotopic (exact) mass is 853 g/mol. The molecule has 0 amide bonds. The van der Waals surface area contributed by atoms with Crippen LogP contribution in [0.5, 0.6) is 0 Å². The van der Waals surface area contributed by atoms with E-state index in [9.17, 15) is 0 Å². The fourth-order valence-electron chi connectivity index (χ4n) is 10.5. The second-order valence-electron chi connectivity index (χ2n) is 17.3. The molecule has 0 aliphatic heterocycles. The Labute approximate surface area is 389 Å². The molecule has 0 spiro atoms. The van der Waals surface area contributed by atoms with Crippen LogP contribution in [0, 0.1) is 0 Å². The van der Waals surface area contributed by atoms with Gasteiger partial charge in [0.05, 0.1) is 39.5 Å². The Morgan fingerprint density at radius 3 is 0.970 bits per heavy atom. The maximum atomic E-state index is 2.53. The van der Waals surface area contributed by atoms with Crippen molar-refractivity contribution in [3.05, 3.63) is 261 Å². The van der Waals surface area contributed by atoms with E-state index >= 15 is 0 Å². The van der Waals surface area contributed by atoms with Gasteiger partial charge in [0.15, 0.2) is 0 Å². The van der Waals surface area contributed by atoms with Crippen LogP contribution in [0.4, 0.5) is 0 Å². The van der Waals surface area contributed by atoms with Gasteiger partial charge in [0.1, 0.15) is 0 Å². The molecule has 13 rings (SSSR count). The van der Waals surface area contributed by atoms with Crippen molar-refractivity contribution in [2.45, 2.75) is 0 Å². The molecule has 0 radical (unpaired) electrons. The molecule has 3 heterocycles. The molecule has 10 aromatic carbocycles. The fraction of sp³-hybridized carbons (Fsp3) is 0. The van der Waals surface area contributed by atoms with E-state index < -0.39 is 0 Å². The van der Waals surface area contributed by atoms with Gasteiger partial charge in [-0.1, -0.05) is 200 Å². The molecule has 314 valence electrons. The van der Waals surface area contributed by atoms with E-state index in [1.54, 1.807) is 0 Å². The maximum Gasteiger partial charge on any atom is 0.0620 e. The van der Waals surface area contributed by atoms with Crippen LogP contribution in [-0.2, 0) is 0 Å². The minimum Gasteiger partial charge on any atom is -0.309 e. The van der Waals surface area contributed by atoms with Crippen LogP contribution in [0.2, 0.25) is 0 Å². The number of aromatic nitrogens is 3. The number of para-hydroxylation sites is 2. The number of rotatable bonds is 8. The highest BCUT2D eigenvalue weighted by molar-refractivity contribution is 6.21. The first-order chi connectivity index (χ1) is 33.3. The summed E-state index contributed by atoms with van der Waals surface area (Å²) >= 11 is 0. The Bertz CT molecular complexity index is 3770. The summed E-state index contributed by atoms with van der Waals surface area (Å²) in [6, 6.07) is 95.1. The SMILES string of the molecule is c1ccc(-c2c3cc(-n4c(-c5ccccc5)ccc4-c4ccccc4)ccc3c(-n3c4ccccc4c4ccccc43)c3cc(-n4c(-c5ccccc5)ccc4-c4ccccc4)ccc23)cc1. The largest absolute Gasteiger partial charge is 0.309 e. The molecule has 0 atom stereocenters. The first-order valence-corrected chi connectivity index (χ1v) is 23.0. The van der Waals surface area contributed by atoms with Gasteiger partial charge < -0.3 is 13.7 Å². The standard InChI is InChI=1S/C64H43N3/c1-6-20-44(21-7-1)57-38-39-58(45-22-8-2-9-23-45)65(57)49-35-37-54-55(42-49)63(48-28-14-5-15-29-48)53-36-34-50(66-59(46-24-10-3-11-25-46)40-41-60(66)47-26-12-4-13-27-47)43-56(53)64(54)67-61-32-18-16-30-51(61)52-31-17-19-33-62(52)67/h1-43H. The second kappa shape index (κ2) is 16.0. The van der Waals surface area contributed by atoms with Crippen molar-refractivity contribution in [1.82, 2.24) is 13.7 Å². The minimum absolute atomic E-state index is 1.10. The molecular formula is C64H43N3. The van der Waals surface area contributed by atoms with Crippen molar-refractivity contribution in [1.29, 1.82) is 0 Å². The summed E-state index contributed by atoms with van der Waals surface area (Å²) in [6.45, 7) is 0. The predicted molar refractivity (Wildman–Crippen MR) is 282 cm³/mol. The van der Waals surface area contributed by atoms with Crippen LogP contribution in [0.3, 0.4) is 0 Å². The summed E-state index contributed by atoms with van der Waals surface area (Å²) in [5, 5.41) is 7.18. The van der Waals surface area contributed by atoms with Gasteiger partial charge in [-0.15, -0.1) is 0 Å². The van der Waals surface area contributed by atoms with Gasteiger partial charge in [0.25, 0.3) is 0 Å². The zero-order valence-electron chi connectivity index (χ0n) is 36.7. The van der Waals surface area contributed by atoms with E-state index in [2.05, 4.69) is 275 Å². The van der Waals surface area contributed by atoms with Crippen molar-refractivity contribution in [3.8, 4) is 73.2 Å². The first kappa shape index (κ1) is 38.5. The van der Waals surface area contributed by atoms with E-state index in [0.717, 1.165) is 51.0 Å². The lowest BCUT2D eigenvalue weighted by Gasteiger charge is -2.23. The molecule has 0 N–H and O–H groups in total. The van der Waals surface area contributed by atoms with Crippen LogP contribution in [0.15, 0.2) is 261 Å². The van der Waals surface area contributed by atoms with Crippen molar-refractivity contribution in [3.63, 3.8) is 0 Å². The first-order valence-electron chi connectivity index (χ1n) is 23.0. The van der Waals surface area contributed by atoms with Crippen molar-refractivity contribution in [2.75, 3.05) is 0 Å². The molecular weight excluding hydrogens is 811 g/mol. The normalized spacial score (nSPS) is 11.6. The van der Waals surface area contributed by atoms with Gasteiger partial charge >= 0.3 is 0 Å². The predicted octanol–water partition coefficient (Wildman–Crippen LogP) is 17.0. The van der Waals surface area contributed by atoms with E-state index in [-0.39, 0.29) is 0 Å². The molecule has 0 bridgehead atoms. The number of fused-ring (bicyclic) bond motifs is 5. The van der Waals surface area contributed by atoms with E-state index in [1.807, 2.05) is 0 Å². The third kappa shape index (κ3) is 6.35. The quantitative estimate of drug-likeness (QED) is 0.135. The molecule has 0 saturated heterocycles. The highest BCUT2D eigenvalue weighted by Crippen LogP contribution is 2.47. The lowest BCUT2D eigenvalue weighted by Crippen LogP contribution is -2.04. The number of hydrogen-bond donors (Lipinski definition) is 0. The Hall–Kier alpha value is -8.92. The van der Waals surface area contributed by atoms with Crippen molar-refractivity contribution < 1.29 is 0 Å². The average molecular weight is 854 g/mol.